The average Bonchev–Trinajstić information content (AvgIpc) is 2.91. The number of carboxylic acid groups (broad SMARTS) is 1. The van der Waals surface area contributed by atoms with Gasteiger partial charge in [0.15, 0.2) is 0 Å². The Morgan fingerprint density at radius 1 is 1.05 bits per heavy atom. The number of hydrogen-bond donors (Lipinski definition) is 3. The van der Waals surface area contributed by atoms with Crippen LogP contribution in [0.3, 0.4) is 0 Å². The van der Waals surface area contributed by atoms with Crippen LogP contribution >= 0.6 is 11.8 Å². The van der Waals surface area contributed by atoms with Gasteiger partial charge >= 0.3 is 0 Å². The van der Waals surface area contributed by atoms with Gasteiger partial charge in [-0.2, -0.15) is 0 Å². The lowest BCUT2D eigenvalue weighted by Crippen LogP contribution is -2.70. The normalized spacial score (nSPS) is 22.9. The molecule has 5 atom stereocenters. The molecule has 4 rings (SSSR count). The number of β-amino-alcohol motifs (C(OH)–C–C–N with tert-alkyl or cyclic N) is 1. The van der Waals surface area contributed by atoms with Gasteiger partial charge in [-0.1, -0.05) is 67.8 Å². The Morgan fingerprint density at radius 3 is 2.21 bits per heavy atom. The summed E-state index contributed by atoms with van der Waals surface area (Å²) in [6.07, 6.45) is 5.46. The van der Waals surface area contributed by atoms with E-state index in [2.05, 4.69) is 28.1 Å². The van der Waals surface area contributed by atoms with E-state index < -0.39 is 12.1 Å². The van der Waals surface area contributed by atoms with E-state index in [4.69, 9.17) is 0 Å². The fraction of sp³-hybridized carbons (Fsp3) is 0.548. The number of nitrogens with zero attached hydrogens (tertiary/aromatic N) is 1. The minimum absolute atomic E-state index is 0.0781. The molecule has 39 heavy (non-hydrogen) atoms. The van der Waals surface area contributed by atoms with E-state index in [0.717, 1.165) is 18.7 Å². The minimum atomic E-state index is -1.13. The van der Waals surface area contributed by atoms with Crippen molar-refractivity contribution in [3.05, 3.63) is 66.2 Å². The van der Waals surface area contributed by atoms with Crippen molar-refractivity contribution in [2.24, 2.45) is 11.8 Å². The van der Waals surface area contributed by atoms with Crippen molar-refractivity contribution in [2.75, 3.05) is 18.8 Å². The molecule has 2 aromatic carbocycles. The molecular weight excluding hydrogens is 510 g/mol. The van der Waals surface area contributed by atoms with Gasteiger partial charge in [0.05, 0.1) is 17.8 Å². The topological polar surface area (TPSA) is 120 Å². The first-order chi connectivity index (χ1) is 18.5. The van der Waals surface area contributed by atoms with E-state index in [1.165, 1.54) is 42.7 Å². The highest BCUT2D eigenvalue weighted by Crippen LogP contribution is 2.38. The molecule has 5 N–H and O–H groups in total. The number of carbonyl (C=O) groups is 2. The Balaban J connectivity index is 0.000000395. The highest BCUT2D eigenvalue weighted by molar-refractivity contribution is 7.99. The van der Waals surface area contributed by atoms with Crippen LogP contribution in [0, 0.1) is 11.8 Å². The molecule has 214 valence electrons. The van der Waals surface area contributed by atoms with Crippen LogP contribution < -0.4 is 16.2 Å². The largest absolute Gasteiger partial charge is 0.545 e. The van der Waals surface area contributed by atoms with Crippen molar-refractivity contribution in [1.29, 1.82) is 0 Å². The van der Waals surface area contributed by atoms with E-state index in [-0.39, 0.29) is 29.1 Å². The zero-order valence-corrected chi connectivity index (χ0v) is 24.4. The van der Waals surface area contributed by atoms with Crippen LogP contribution in [0.4, 0.5) is 0 Å². The second kappa shape index (κ2) is 14.8. The fourth-order valence-electron chi connectivity index (χ4n) is 5.42. The van der Waals surface area contributed by atoms with Crippen LogP contribution in [0.25, 0.3) is 0 Å². The molecule has 1 amide bonds. The summed E-state index contributed by atoms with van der Waals surface area (Å²) in [5.74, 6) is 1.05. The molecule has 1 aliphatic carbocycles. The van der Waals surface area contributed by atoms with E-state index >= 15 is 0 Å². The van der Waals surface area contributed by atoms with Crippen LogP contribution in [0.5, 0.6) is 0 Å². The zero-order valence-electron chi connectivity index (χ0n) is 23.6. The van der Waals surface area contributed by atoms with E-state index in [1.807, 2.05) is 39.0 Å². The van der Waals surface area contributed by atoms with Gasteiger partial charge in [0.25, 0.3) is 0 Å². The number of amides is 1. The summed E-state index contributed by atoms with van der Waals surface area (Å²) in [7, 11) is 0. The molecule has 2 aromatic rings. The highest BCUT2D eigenvalue weighted by atomic mass is 32.2. The molecular formula is C31H45N3O4S. The Bertz CT molecular complexity index is 1030. The number of nitrogens with one attached hydrogen (secondary N) is 1. The molecule has 1 aliphatic heterocycles. The second-order valence-electron chi connectivity index (χ2n) is 11.9. The fourth-order valence-corrected chi connectivity index (χ4v) is 6.40. The van der Waals surface area contributed by atoms with Crippen LogP contribution in [0.1, 0.15) is 63.2 Å². The number of piperidine rings is 1. The number of carboxylic acids is 1. The first-order valence-corrected chi connectivity index (χ1v) is 15.0. The summed E-state index contributed by atoms with van der Waals surface area (Å²) < 4.78 is 0. The molecule has 8 heteroatoms. The van der Waals surface area contributed by atoms with Crippen molar-refractivity contribution in [1.82, 2.24) is 10.2 Å². The van der Waals surface area contributed by atoms with Crippen molar-refractivity contribution in [3.63, 3.8) is 0 Å². The van der Waals surface area contributed by atoms with Gasteiger partial charge in [-0.25, -0.2) is 0 Å². The Morgan fingerprint density at radius 2 is 1.64 bits per heavy atom. The Hall–Kier alpha value is -2.39. The molecule has 2 aliphatic rings. The van der Waals surface area contributed by atoms with E-state index in [9.17, 15) is 19.8 Å². The summed E-state index contributed by atoms with van der Waals surface area (Å²) in [6.45, 7) is 7.53. The van der Waals surface area contributed by atoms with Crippen LogP contribution in [-0.2, 0) is 4.79 Å². The lowest BCUT2D eigenvalue weighted by atomic mass is 9.72. The maximum Gasteiger partial charge on any atom is 0.237 e. The number of hydrogen-bond acceptors (Lipinski definition) is 6. The number of aromatic carboxylic acids is 1. The summed E-state index contributed by atoms with van der Waals surface area (Å²) in [4.78, 5) is 26.6. The predicted octanol–water partition coefficient (Wildman–Crippen LogP) is 2.60. The maximum absolute atomic E-state index is 13.1. The van der Waals surface area contributed by atoms with Gasteiger partial charge in [0, 0.05) is 23.5 Å². The van der Waals surface area contributed by atoms with Crippen molar-refractivity contribution < 1.29 is 25.5 Å². The van der Waals surface area contributed by atoms with E-state index in [0.29, 0.717) is 18.4 Å². The third-order valence-corrected chi connectivity index (χ3v) is 8.69. The maximum atomic E-state index is 13.1. The quantitative estimate of drug-likeness (QED) is 0.431. The zero-order chi connectivity index (χ0) is 28.4. The molecule has 1 saturated carbocycles. The molecule has 0 spiro atoms. The van der Waals surface area contributed by atoms with Crippen LogP contribution in [-0.4, -0.2) is 64.5 Å². The smallest absolute Gasteiger partial charge is 0.237 e. The third-order valence-electron chi connectivity index (χ3n) is 7.49. The number of rotatable bonds is 8. The lowest BCUT2D eigenvalue weighted by molar-refractivity contribution is -0.430. The summed E-state index contributed by atoms with van der Waals surface area (Å²) in [5.41, 5.74) is 4.21. The molecule has 1 saturated heterocycles. The summed E-state index contributed by atoms with van der Waals surface area (Å²) >= 11 is 1.73. The number of thioether (sulfide) groups is 1. The number of benzene rings is 2. The monoisotopic (exact) mass is 555 g/mol. The molecule has 0 radical (unpaired) electrons. The van der Waals surface area contributed by atoms with Gasteiger partial charge in [-0.05, 0) is 63.1 Å². The van der Waals surface area contributed by atoms with Gasteiger partial charge in [0.2, 0.25) is 5.91 Å². The molecule has 0 unspecified atom stereocenters. The van der Waals surface area contributed by atoms with Gasteiger partial charge < -0.3 is 26.1 Å². The lowest BCUT2D eigenvalue weighted by Gasteiger charge is -2.46. The number of quaternary nitrogens is 1. The first-order valence-electron chi connectivity index (χ1n) is 14.0. The SMILES string of the molecule is CC(C)(C)NC(=O)[C@@H]1C[C@@H]2CCCC[C@@H]2CN1C[C@@H](O)[C@@H]([NH3+])CSc1ccccc1.O=C([O-])c1ccccc1. The third kappa shape index (κ3) is 10.3. The average molecular weight is 556 g/mol. The molecule has 2 fully saturated rings. The molecule has 1 heterocycles. The summed E-state index contributed by atoms with van der Waals surface area (Å²) in [5, 5.41) is 24.2. The van der Waals surface area contributed by atoms with E-state index in [1.54, 1.807) is 30.0 Å². The van der Waals surface area contributed by atoms with Crippen molar-refractivity contribution in [3.8, 4) is 0 Å². The van der Waals surface area contributed by atoms with Crippen molar-refractivity contribution in [2.45, 2.75) is 81.5 Å². The molecule has 0 aromatic heterocycles. The van der Waals surface area contributed by atoms with Gasteiger partial charge in [-0.3, -0.25) is 9.69 Å². The highest BCUT2D eigenvalue weighted by Gasteiger charge is 2.41. The number of aliphatic hydroxyl groups excluding tert-OH is 1. The number of carbonyl (C=O) groups excluding carboxylic acids is 2. The van der Waals surface area contributed by atoms with Crippen LogP contribution in [0.2, 0.25) is 0 Å². The number of aliphatic hydroxyl groups is 1. The predicted molar refractivity (Wildman–Crippen MR) is 154 cm³/mol. The second-order valence-corrected chi connectivity index (χ2v) is 12.9. The van der Waals surface area contributed by atoms with Gasteiger partial charge in [0.1, 0.15) is 12.1 Å². The molecule has 7 nitrogen and oxygen atoms in total. The number of fused-ring (bicyclic) bond motifs is 1. The number of likely N-dealkylation sites (tertiary alicyclic amines) is 1. The minimum Gasteiger partial charge on any atom is -0.545 e. The Kier molecular flexibility index (Phi) is 11.9. The van der Waals surface area contributed by atoms with Crippen LogP contribution in [0.15, 0.2) is 65.6 Å². The van der Waals surface area contributed by atoms with Crippen molar-refractivity contribution >= 4 is 23.6 Å². The first kappa shape index (κ1) is 31.1. The summed E-state index contributed by atoms with van der Waals surface area (Å²) in [6, 6.07) is 18.1. The standard InChI is InChI=1S/C24H39N3O2S.C7H6O2/c1-24(2,3)26-23(29)21-13-17-9-7-8-10-18(17)14-27(21)15-22(28)20(25)16-30-19-11-5-4-6-12-19;8-7(9)6-4-2-1-3-5-6/h4-6,11-12,17-18,20-22,28H,7-10,13-16,25H2,1-3H3,(H,26,29);1-5H,(H,8,9)/t17-,18+,20-,21-,22+;/m0./s1. The Labute approximate surface area is 237 Å². The molecule has 0 bridgehead atoms. The van der Waals surface area contributed by atoms with Gasteiger partial charge in [-0.15, -0.1) is 11.8 Å².